The fourth-order valence-corrected chi connectivity index (χ4v) is 7.40. The first-order chi connectivity index (χ1) is 24.7. The highest BCUT2D eigenvalue weighted by Gasteiger charge is 2.31. The number of hydrogen-bond donors (Lipinski definition) is 4. The Balaban J connectivity index is 0.952. The van der Waals surface area contributed by atoms with Crippen molar-refractivity contribution in [1.29, 1.82) is 0 Å². The zero-order valence-corrected chi connectivity index (χ0v) is 27.8. The first kappa shape index (κ1) is 30.4. The summed E-state index contributed by atoms with van der Waals surface area (Å²) in [6.45, 7) is 1.02. The lowest BCUT2D eigenvalue weighted by molar-refractivity contribution is 0.0691. The number of nitrogens with zero attached hydrogens (tertiary/aromatic N) is 5. The van der Waals surface area contributed by atoms with Gasteiger partial charge in [-0.15, -0.1) is 0 Å². The molecule has 0 unspecified atom stereocenters. The molecule has 3 aromatic heterocycles. The number of benzene rings is 4. The zero-order valence-electron chi connectivity index (χ0n) is 27.8. The summed E-state index contributed by atoms with van der Waals surface area (Å²) >= 11 is 0. The summed E-state index contributed by atoms with van der Waals surface area (Å²) in [7, 11) is 3.98. The van der Waals surface area contributed by atoms with Crippen molar-refractivity contribution in [2.45, 2.75) is 12.8 Å². The van der Waals surface area contributed by atoms with E-state index in [4.69, 9.17) is 0 Å². The first-order valence-corrected chi connectivity index (χ1v) is 16.7. The van der Waals surface area contributed by atoms with Crippen molar-refractivity contribution < 1.29 is 19.5 Å². The van der Waals surface area contributed by atoms with Gasteiger partial charge in [0.25, 0.3) is 11.8 Å². The van der Waals surface area contributed by atoms with Crippen LogP contribution >= 0.6 is 0 Å². The second kappa shape index (κ2) is 11.4. The van der Waals surface area contributed by atoms with E-state index >= 15 is 0 Å². The highest BCUT2D eigenvalue weighted by Crippen LogP contribution is 2.38. The van der Waals surface area contributed by atoms with Crippen molar-refractivity contribution in [3.05, 3.63) is 113 Å². The van der Waals surface area contributed by atoms with Crippen LogP contribution in [0.4, 0.5) is 28.4 Å². The van der Waals surface area contributed by atoms with Crippen LogP contribution in [-0.4, -0.2) is 65.0 Å². The van der Waals surface area contributed by atoms with E-state index in [1.54, 1.807) is 15.9 Å². The van der Waals surface area contributed by atoms with E-state index in [0.717, 1.165) is 66.6 Å². The van der Waals surface area contributed by atoms with Crippen LogP contribution in [0.5, 0.6) is 0 Å². The smallest absolute Gasteiger partial charge is 0.352 e. The molecule has 0 fully saturated rings. The summed E-state index contributed by atoms with van der Waals surface area (Å²) in [4.78, 5) is 54.3. The molecule has 0 aliphatic carbocycles. The minimum absolute atomic E-state index is 0.125. The van der Waals surface area contributed by atoms with Gasteiger partial charge in [-0.05, 0) is 109 Å². The minimum Gasteiger partial charge on any atom is -0.477 e. The number of carbonyl (C=O) groups is 3. The van der Waals surface area contributed by atoms with Crippen LogP contribution in [0.3, 0.4) is 0 Å². The second-order valence-electron chi connectivity index (χ2n) is 13.2. The summed E-state index contributed by atoms with van der Waals surface area (Å²) < 4.78 is 0. The number of amides is 2. The van der Waals surface area contributed by atoms with E-state index in [1.807, 2.05) is 97.9 Å². The van der Waals surface area contributed by atoms with Crippen molar-refractivity contribution in [1.82, 2.24) is 15.0 Å². The van der Waals surface area contributed by atoms with E-state index in [2.05, 4.69) is 25.2 Å². The van der Waals surface area contributed by atoms with Gasteiger partial charge in [-0.3, -0.25) is 9.59 Å². The maximum Gasteiger partial charge on any atom is 0.352 e. The largest absolute Gasteiger partial charge is 0.477 e. The van der Waals surface area contributed by atoms with Gasteiger partial charge in [0.15, 0.2) is 0 Å². The number of carboxylic acid groups (broad SMARTS) is 1. The predicted molar refractivity (Wildman–Crippen MR) is 198 cm³/mol. The number of azo groups is 1. The minimum atomic E-state index is -1.02. The molecule has 0 spiro atoms. The molecular weight excluding hydrogens is 644 g/mol. The number of anilines is 3. The molecule has 0 bridgehead atoms. The van der Waals surface area contributed by atoms with E-state index < -0.39 is 5.97 Å². The molecule has 0 radical (unpaired) electrons. The van der Waals surface area contributed by atoms with E-state index in [9.17, 15) is 19.5 Å². The van der Waals surface area contributed by atoms with E-state index in [-0.39, 0.29) is 17.5 Å². The quantitative estimate of drug-likeness (QED) is 0.133. The van der Waals surface area contributed by atoms with E-state index in [0.29, 0.717) is 43.0 Å². The number of aromatic nitrogens is 3. The number of fused-ring (bicyclic) bond motifs is 7. The van der Waals surface area contributed by atoms with Crippen molar-refractivity contribution in [2.75, 3.05) is 41.9 Å². The summed E-state index contributed by atoms with van der Waals surface area (Å²) in [5, 5.41) is 20.8. The Kier molecular flexibility index (Phi) is 6.82. The Bertz CT molecular complexity index is 2610. The van der Waals surface area contributed by atoms with Crippen LogP contribution in [-0.2, 0) is 12.8 Å². The molecule has 0 saturated carbocycles. The number of rotatable bonds is 6. The number of carboxylic acids is 1. The molecule has 12 heteroatoms. The van der Waals surface area contributed by atoms with Gasteiger partial charge in [-0.2, -0.15) is 10.2 Å². The van der Waals surface area contributed by atoms with Gasteiger partial charge in [-0.25, -0.2) is 4.79 Å². The molecule has 0 saturated heterocycles. The maximum absolute atomic E-state index is 13.9. The summed E-state index contributed by atoms with van der Waals surface area (Å²) in [6, 6.07) is 26.4. The molecule has 2 aliphatic heterocycles. The average Bonchev–Trinajstić information content (AvgIpc) is 3.97. The van der Waals surface area contributed by atoms with Crippen LogP contribution in [0.2, 0.25) is 0 Å². The molecule has 2 aliphatic rings. The lowest BCUT2D eigenvalue weighted by Gasteiger charge is -2.16. The third-order valence-corrected chi connectivity index (χ3v) is 9.97. The fraction of sp³-hybridized carbons (Fsp3) is 0.154. The van der Waals surface area contributed by atoms with Crippen LogP contribution in [0.15, 0.2) is 95.2 Å². The Morgan fingerprint density at radius 3 is 1.75 bits per heavy atom. The predicted octanol–water partition coefficient (Wildman–Crippen LogP) is 7.72. The maximum atomic E-state index is 13.9. The summed E-state index contributed by atoms with van der Waals surface area (Å²) in [5.41, 5.74) is 9.59. The lowest BCUT2D eigenvalue weighted by atomic mass is 10.1. The SMILES string of the molecule is CN(C)c1ccc(/N=N/c2ccc3[nH]c(C(=O)N4CCc5c4ccc4[nH]c(C(=O)N6CCc7c6ccc6[nH]c(C(=O)O)cc76)cc54)cc3c2)cc1. The molecule has 252 valence electrons. The third kappa shape index (κ3) is 5.02. The Morgan fingerprint density at radius 2 is 1.14 bits per heavy atom. The fourth-order valence-electron chi connectivity index (χ4n) is 7.40. The highest BCUT2D eigenvalue weighted by atomic mass is 16.4. The summed E-state index contributed by atoms with van der Waals surface area (Å²) in [6.07, 6.45) is 1.29. The monoisotopic (exact) mass is 676 g/mol. The Labute approximate surface area is 291 Å². The molecule has 4 aromatic carbocycles. The second-order valence-corrected chi connectivity index (χ2v) is 13.2. The van der Waals surface area contributed by atoms with Crippen molar-refractivity contribution in [2.24, 2.45) is 10.2 Å². The van der Waals surface area contributed by atoms with Crippen LogP contribution in [0.1, 0.15) is 42.6 Å². The summed E-state index contributed by atoms with van der Waals surface area (Å²) in [5.74, 6) is -1.30. The first-order valence-electron chi connectivity index (χ1n) is 16.7. The molecule has 7 aromatic rings. The van der Waals surface area contributed by atoms with Gasteiger partial charge in [0, 0.05) is 77.0 Å². The average molecular weight is 677 g/mol. The number of aromatic amines is 3. The van der Waals surface area contributed by atoms with Crippen LogP contribution < -0.4 is 14.7 Å². The van der Waals surface area contributed by atoms with Crippen molar-refractivity contribution in [3.63, 3.8) is 0 Å². The zero-order chi connectivity index (χ0) is 35.0. The molecule has 2 amide bonds. The number of hydrogen-bond acceptors (Lipinski definition) is 6. The third-order valence-electron chi connectivity index (χ3n) is 9.97. The number of carbonyl (C=O) groups excluding carboxylic acids is 2. The van der Waals surface area contributed by atoms with Gasteiger partial charge < -0.3 is 34.8 Å². The number of aromatic carboxylic acids is 1. The highest BCUT2D eigenvalue weighted by molar-refractivity contribution is 6.13. The molecule has 0 atom stereocenters. The number of nitrogens with one attached hydrogen (secondary N) is 3. The molecule has 5 heterocycles. The van der Waals surface area contributed by atoms with Gasteiger partial charge in [0.1, 0.15) is 17.1 Å². The normalized spacial score (nSPS) is 13.9. The molecule has 51 heavy (non-hydrogen) atoms. The Morgan fingerprint density at radius 1 is 0.627 bits per heavy atom. The molecule has 9 rings (SSSR count). The molecular formula is C39H32N8O4. The Hall–Kier alpha value is -6.69. The molecule has 12 nitrogen and oxygen atoms in total. The topological polar surface area (TPSA) is 153 Å². The van der Waals surface area contributed by atoms with Crippen molar-refractivity contribution >= 4 is 78.9 Å². The standard InChI is InChI=1S/C39H32N8O4/c1-45(2)24-6-3-22(4-7-24)43-44-23-5-8-29-21(17-23)18-32(40-29)37(48)46-15-13-25-27-19-33(41-30(27)9-11-35(25)46)38(49)47-16-14-26-28-20-34(39(50)51)42-31(28)10-12-36(26)47/h3-12,17-20,40-42H,13-16H2,1-2H3,(H,50,51)/b44-43+. The van der Waals surface area contributed by atoms with E-state index in [1.165, 1.54) is 0 Å². The van der Waals surface area contributed by atoms with Gasteiger partial charge in [0.2, 0.25) is 0 Å². The van der Waals surface area contributed by atoms with Gasteiger partial charge in [-0.1, -0.05) is 0 Å². The van der Waals surface area contributed by atoms with Crippen molar-refractivity contribution in [3.8, 4) is 0 Å². The van der Waals surface area contributed by atoms with Crippen LogP contribution in [0, 0.1) is 0 Å². The number of H-pyrrole nitrogens is 3. The molecule has 4 N–H and O–H groups in total. The lowest BCUT2D eigenvalue weighted by Crippen LogP contribution is -2.29. The van der Waals surface area contributed by atoms with Crippen LogP contribution in [0.25, 0.3) is 32.7 Å². The van der Waals surface area contributed by atoms with Gasteiger partial charge >= 0.3 is 5.97 Å². The van der Waals surface area contributed by atoms with Gasteiger partial charge in [0.05, 0.1) is 11.4 Å².